The van der Waals surface area contributed by atoms with Crippen molar-refractivity contribution in [3.8, 4) is 5.75 Å². The number of fused-ring (bicyclic) bond motifs is 1. The van der Waals surface area contributed by atoms with Gasteiger partial charge in [0.05, 0.1) is 17.7 Å². The molecule has 52 heavy (non-hydrogen) atoms. The first-order chi connectivity index (χ1) is 25.1. The highest BCUT2D eigenvalue weighted by Gasteiger charge is 2.40. The number of nitrogens with one attached hydrogen (secondary N) is 1. The topological polar surface area (TPSA) is 132 Å². The van der Waals surface area contributed by atoms with Gasteiger partial charge >= 0.3 is 12.1 Å². The molecule has 0 spiro atoms. The van der Waals surface area contributed by atoms with Crippen LogP contribution in [0.5, 0.6) is 5.75 Å². The summed E-state index contributed by atoms with van der Waals surface area (Å²) in [5.74, 6) is 2.30. The van der Waals surface area contributed by atoms with Gasteiger partial charge in [0.1, 0.15) is 11.7 Å². The van der Waals surface area contributed by atoms with E-state index in [0.717, 1.165) is 50.0 Å². The number of carbonyl (C=O) groups is 3. The Morgan fingerprint density at radius 1 is 1.04 bits per heavy atom. The second kappa shape index (κ2) is 17.2. The summed E-state index contributed by atoms with van der Waals surface area (Å²) >= 11 is 6.31. The molecule has 2 aromatic rings. The summed E-state index contributed by atoms with van der Waals surface area (Å²) < 4.78 is 6.05. The Balaban J connectivity index is 1.13. The van der Waals surface area contributed by atoms with Crippen LogP contribution >= 0.6 is 11.6 Å². The Kier molecular flexibility index (Phi) is 12.4. The zero-order valence-corrected chi connectivity index (χ0v) is 30.9. The fourth-order valence-electron chi connectivity index (χ4n) is 8.42. The Labute approximate surface area is 310 Å². The first-order valence-corrected chi connectivity index (χ1v) is 19.0. The summed E-state index contributed by atoms with van der Waals surface area (Å²) in [4.78, 5) is 63.8. The minimum absolute atomic E-state index is 0.0403. The average Bonchev–Trinajstić information content (AvgIpc) is 3.32. The van der Waals surface area contributed by atoms with E-state index in [0.29, 0.717) is 75.0 Å². The Morgan fingerprint density at radius 3 is 2.48 bits per heavy atom. The molecule has 3 atom stereocenters. The number of nitrogens with zero attached hydrogens (tertiary/aromatic N) is 4. The van der Waals surface area contributed by atoms with Crippen LogP contribution in [0.25, 0.3) is 0 Å². The van der Waals surface area contributed by atoms with Crippen LogP contribution in [0.3, 0.4) is 0 Å². The maximum absolute atomic E-state index is 14.4. The van der Waals surface area contributed by atoms with Gasteiger partial charge in [0.25, 0.3) is 5.91 Å². The van der Waals surface area contributed by atoms with Crippen LogP contribution < -0.4 is 5.32 Å². The van der Waals surface area contributed by atoms with Crippen LogP contribution in [0.4, 0.5) is 15.3 Å². The molecular formula is C39H50ClN5O7. The zero-order chi connectivity index (χ0) is 36.8. The van der Waals surface area contributed by atoms with Gasteiger partial charge in [-0.25, -0.2) is 14.4 Å². The molecule has 280 valence electrons. The van der Waals surface area contributed by atoms with E-state index in [1.807, 2.05) is 47.1 Å². The maximum atomic E-state index is 14.4. The predicted octanol–water partition coefficient (Wildman–Crippen LogP) is 5.61. The van der Waals surface area contributed by atoms with Crippen molar-refractivity contribution in [2.45, 2.75) is 83.4 Å². The molecule has 6 rings (SSSR count). The smallest absolute Gasteiger partial charge is 0.410 e. The molecule has 0 aromatic heterocycles. The summed E-state index contributed by atoms with van der Waals surface area (Å²) in [6.45, 7) is 7.81. The monoisotopic (exact) mass is 735 g/mol. The van der Waals surface area contributed by atoms with Crippen molar-refractivity contribution in [1.29, 1.82) is 0 Å². The van der Waals surface area contributed by atoms with E-state index < -0.39 is 18.2 Å². The first-order valence-electron chi connectivity index (χ1n) is 18.6. The van der Waals surface area contributed by atoms with Crippen LogP contribution in [0.15, 0.2) is 42.5 Å². The van der Waals surface area contributed by atoms with E-state index in [2.05, 4.69) is 5.32 Å². The standard InChI is InChI=1S/C39H50ClN5O7/c1-3-51-43-17-8-28(9-18-43)30-11-19-44(32(25-30)14-21-46)37(48)35(24-27-22-26(2)36(47)33(40)23-27)52-39(50)42-15-12-31(13-16-42)45-20-10-29-6-4-5-7-34(29)41-38(45)49/h4-7,14,22-23,28,30-32,35,47H,3,8-13,15-20,24-25H2,1-2H3,(H,41,49)/t30?,32?,35-/m1/s1. The van der Waals surface area contributed by atoms with Crippen molar-refractivity contribution in [3.05, 3.63) is 64.2 Å². The lowest BCUT2D eigenvalue weighted by molar-refractivity contribution is -0.173. The normalized spacial score (nSPS) is 22.5. The highest BCUT2D eigenvalue weighted by Crippen LogP contribution is 2.36. The molecule has 4 aliphatic heterocycles. The number of hydroxylamine groups is 2. The fraction of sp³-hybridized carbons (Fsp3) is 0.564. The lowest BCUT2D eigenvalue weighted by Crippen LogP contribution is -2.53. The van der Waals surface area contributed by atoms with E-state index in [4.69, 9.17) is 21.2 Å². The summed E-state index contributed by atoms with van der Waals surface area (Å²) in [7, 11) is 0. The van der Waals surface area contributed by atoms with Crippen molar-refractivity contribution in [2.75, 3.05) is 51.2 Å². The molecule has 0 radical (unpaired) electrons. The number of amides is 4. The van der Waals surface area contributed by atoms with Gasteiger partial charge < -0.3 is 29.9 Å². The van der Waals surface area contributed by atoms with Gasteiger partial charge in [0.15, 0.2) is 6.10 Å². The molecular weight excluding hydrogens is 686 g/mol. The third-order valence-corrected chi connectivity index (χ3v) is 11.6. The molecule has 2 aromatic carbocycles. The van der Waals surface area contributed by atoms with Crippen molar-refractivity contribution in [2.24, 2.45) is 11.8 Å². The fourth-order valence-corrected chi connectivity index (χ4v) is 8.71. The van der Waals surface area contributed by atoms with Crippen molar-refractivity contribution < 1.29 is 33.9 Å². The van der Waals surface area contributed by atoms with Gasteiger partial charge in [-0.15, -0.1) is 0 Å². The molecule has 4 aliphatic rings. The molecule has 3 saturated heterocycles. The lowest BCUT2D eigenvalue weighted by Gasteiger charge is -2.43. The predicted molar refractivity (Wildman–Crippen MR) is 197 cm³/mol. The molecule has 2 N–H and O–H groups in total. The molecule has 2 unspecified atom stereocenters. The number of piperidine rings is 3. The average molecular weight is 736 g/mol. The summed E-state index contributed by atoms with van der Waals surface area (Å²) in [5, 5.41) is 15.5. The van der Waals surface area contributed by atoms with E-state index in [1.165, 1.54) is 6.08 Å². The zero-order valence-electron chi connectivity index (χ0n) is 30.1. The highest BCUT2D eigenvalue weighted by molar-refractivity contribution is 6.32. The third-order valence-electron chi connectivity index (χ3n) is 11.3. The van der Waals surface area contributed by atoms with Gasteiger partial charge in [-0.05, 0) is 99.5 Å². The van der Waals surface area contributed by atoms with E-state index in [-0.39, 0.29) is 35.2 Å². The molecule has 4 heterocycles. The number of urea groups is 1. The summed E-state index contributed by atoms with van der Waals surface area (Å²) in [6, 6.07) is 10.5. The van der Waals surface area contributed by atoms with Crippen molar-refractivity contribution in [1.82, 2.24) is 19.8 Å². The minimum Gasteiger partial charge on any atom is -0.506 e. The van der Waals surface area contributed by atoms with Crippen LogP contribution in [0.2, 0.25) is 5.02 Å². The number of phenols is 1. The molecule has 3 fully saturated rings. The minimum atomic E-state index is -1.19. The van der Waals surface area contributed by atoms with Gasteiger partial charge in [-0.3, -0.25) is 9.63 Å². The molecule has 12 nitrogen and oxygen atoms in total. The van der Waals surface area contributed by atoms with E-state index in [1.54, 1.807) is 28.9 Å². The van der Waals surface area contributed by atoms with Gasteiger partial charge in [0, 0.05) is 63.5 Å². The first kappa shape index (κ1) is 37.7. The number of carbonyl (C=O) groups excluding carboxylic acids is 4. The van der Waals surface area contributed by atoms with E-state index >= 15 is 0 Å². The van der Waals surface area contributed by atoms with Gasteiger partial charge in [-0.1, -0.05) is 35.9 Å². The number of hydrogen-bond donors (Lipinski definition) is 2. The number of benzene rings is 2. The summed E-state index contributed by atoms with van der Waals surface area (Å²) in [5.41, 5.74) is 3.10. The lowest BCUT2D eigenvalue weighted by atomic mass is 9.76. The van der Waals surface area contributed by atoms with Crippen LogP contribution in [-0.2, 0) is 32.0 Å². The largest absolute Gasteiger partial charge is 0.506 e. The summed E-state index contributed by atoms with van der Waals surface area (Å²) in [6.07, 6.45) is 4.96. The van der Waals surface area contributed by atoms with Crippen molar-refractivity contribution in [3.63, 3.8) is 0 Å². The molecule has 0 aliphatic carbocycles. The number of halogens is 1. The van der Waals surface area contributed by atoms with Gasteiger partial charge in [0.2, 0.25) is 0 Å². The molecule has 0 bridgehead atoms. The Hall–Kier alpha value is -4.09. The number of aryl methyl sites for hydroxylation is 1. The van der Waals surface area contributed by atoms with Gasteiger partial charge in [-0.2, -0.15) is 5.06 Å². The third kappa shape index (κ3) is 8.74. The van der Waals surface area contributed by atoms with Crippen LogP contribution in [0.1, 0.15) is 62.1 Å². The number of para-hydroxylation sites is 1. The van der Waals surface area contributed by atoms with Crippen LogP contribution in [0, 0.1) is 18.8 Å². The molecule has 13 heteroatoms. The quantitative estimate of drug-likeness (QED) is 0.318. The SMILES string of the molecule is CCON1CCC(C2CCN(C(=O)[C@@H](Cc3cc(C)c(O)c(Cl)c3)OC(=O)N3CCC(N4CCc5ccccc5NC4=O)CC3)C(C=C=O)C2)CC1. The Morgan fingerprint density at radius 2 is 1.77 bits per heavy atom. The number of rotatable bonds is 9. The highest BCUT2D eigenvalue weighted by atomic mass is 35.5. The number of hydrogen-bond acceptors (Lipinski definition) is 8. The van der Waals surface area contributed by atoms with E-state index in [9.17, 15) is 24.3 Å². The second-order valence-electron chi connectivity index (χ2n) is 14.4. The second-order valence-corrected chi connectivity index (χ2v) is 14.8. The number of likely N-dealkylation sites (tertiary alicyclic amines) is 2. The maximum Gasteiger partial charge on any atom is 0.410 e. The van der Waals surface area contributed by atoms with Crippen LogP contribution in [-0.4, -0.2) is 113 Å². The molecule has 0 saturated carbocycles. The number of anilines is 1. The number of phenolic OH excluding ortho intramolecular Hbond substituents is 1. The van der Waals surface area contributed by atoms with Crippen molar-refractivity contribution >= 4 is 41.3 Å². The Bertz CT molecular complexity index is 1630. The number of aromatic hydroxyl groups is 1. The number of ether oxygens (including phenoxy) is 1. The molecule has 4 amide bonds.